The quantitative estimate of drug-likeness (QED) is 0.889. The number of nitrogen functional groups attached to an aromatic ring is 1. The molecule has 0 aliphatic carbocycles. The number of nitrogens with zero attached hydrogens (tertiary/aromatic N) is 2. The Morgan fingerprint density at radius 1 is 1.40 bits per heavy atom. The minimum absolute atomic E-state index is 0.138. The summed E-state index contributed by atoms with van der Waals surface area (Å²) in [5.41, 5.74) is 8.55. The fourth-order valence-corrected chi connectivity index (χ4v) is 1.82. The molecule has 0 radical (unpaired) electrons. The van der Waals surface area contributed by atoms with Crippen LogP contribution in [0.4, 0.5) is 11.4 Å². The zero-order chi connectivity index (χ0) is 14.5. The van der Waals surface area contributed by atoms with Gasteiger partial charge < -0.3 is 11.1 Å². The lowest BCUT2D eigenvalue weighted by atomic mass is 10.1. The second-order valence-corrected chi connectivity index (χ2v) is 4.42. The smallest absolute Gasteiger partial charge is 0.230 e. The first kappa shape index (κ1) is 13.6. The summed E-state index contributed by atoms with van der Waals surface area (Å²) in [6, 6.07) is 10.8. The van der Waals surface area contributed by atoms with Gasteiger partial charge in [0.2, 0.25) is 5.91 Å². The molecule has 100 valence electrons. The minimum atomic E-state index is -0.218. The van der Waals surface area contributed by atoms with Crippen molar-refractivity contribution in [3.63, 3.8) is 0 Å². The summed E-state index contributed by atoms with van der Waals surface area (Å²) in [4.78, 5) is 16.0. The number of benzene rings is 1. The first-order chi connectivity index (χ1) is 9.60. The molecule has 0 aliphatic heterocycles. The van der Waals surface area contributed by atoms with Crippen LogP contribution in [0.5, 0.6) is 0 Å². The largest absolute Gasteiger partial charge is 0.397 e. The number of aryl methyl sites for hydroxylation is 1. The molecule has 0 atom stereocenters. The lowest BCUT2D eigenvalue weighted by Gasteiger charge is -2.08. The number of pyridine rings is 1. The fourth-order valence-electron chi connectivity index (χ4n) is 1.82. The van der Waals surface area contributed by atoms with Gasteiger partial charge in [0.25, 0.3) is 0 Å². The van der Waals surface area contributed by atoms with Crippen molar-refractivity contribution in [1.29, 1.82) is 5.26 Å². The van der Waals surface area contributed by atoms with Crippen molar-refractivity contribution in [3.05, 3.63) is 53.3 Å². The molecule has 0 saturated heterocycles. The summed E-state index contributed by atoms with van der Waals surface area (Å²) in [6.45, 7) is 1.83. The van der Waals surface area contributed by atoms with E-state index in [1.165, 1.54) is 6.20 Å². The lowest BCUT2D eigenvalue weighted by molar-refractivity contribution is -0.115. The number of anilines is 2. The molecule has 20 heavy (non-hydrogen) atoms. The van der Waals surface area contributed by atoms with E-state index in [1.807, 2.05) is 13.0 Å². The van der Waals surface area contributed by atoms with Gasteiger partial charge >= 0.3 is 0 Å². The summed E-state index contributed by atoms with van der Waals surface area (Å²) >= 11 is 0. The van der Waals surface area contributed by atoms with Crippen LogP contribution in [0.3, 0.4) is 0 Å². The van der Waals surface area contributed by atoms with E-state index >= 15 is 0 Å². The Morgan fingerprint density at radius 2 is 2.20 bits per heavy atom. The molecular formula is C15H14N4O. The van der Waals surface area contributed by atoms with E-state index in [1.54, 1.807) is 24.3 Å². The average Bonchev–Trinajstić information content (AvgIpc) is 2.42. The predicted molar refractivity (Wildman–Crippen MR) is 76.9 cm³/mol. The summed E-state index contributed by atoms with van der Waals surface area (Å²) in [5.74, 6) is -0.218. The van der Waals surface area contributed by atoms with E-state index < -0.39 is 0 Å². The van der Waals surface area contributed by atoms with Gasteiger partial charge in [-0.3, -0.25) is 9.78 Å². The van der Waals surface area contributed by atoms with Crippen molar-refractivity contribution in [2.75, 3.05) is 11.1 Å². The molecule has 0 fully saturated rings. The molecule has 2 aromatic rings. The van der Waals surface area contributed by atoms with Crippen LogP contribution in [0.2, 0.25) is 0 Å². The maximum Gasteiger partial charge on any atom is 0.230 e. The van der Waals surface area contributed by atoms with Gasteiger partial charge in [-0.05, 0) is 30.7 Å². The number of hydrogen-bond donors (Lipinski definition) is 2. The molecule has 0 unspecified atom stereocenters. The SMILES string of the molecule is Cc1cccc(NC(=O)Cc2ccc(N)cn2)c1C#N. The minimum Gasteiger partial charge on any atom is -0.397 e. The number of aromatic nitrogens is 1. The molecule has 0 aliphatic rings. The van der Waals surface area contributed by atoms with E-state index in [2.05, 4.69) is 16.4 Å². The number of rotatable bonds is 3. The Bertz CT molecular complexity index is 671. The summed E-state index contributed by atoms with van der Waals surface area (Å²) in [5, 5.41) is 11.8. The van der Waals surface area contributed by atoms with Crippen LogP contribution in [0, 0.1) is 18.3 Å². The highest BCUT2D eigenvalue weighted by Crippen LogP contribution is 2.18. The van der Waals surface area contributed by atoms with Crippen molar-refractivity contribution < 1.29 is 4.79 Å². The van der Waals surface area contributed by atoms with E-state index in [0.29, 0.717) is 22.6 Å². The van der Waals surface area contributed by atoms with Crippen LogP contribution in [0.1, 0.15) is 16.8 Å². The van der Waals surface area contributed by atoms with E-state index in [-0.39, 0.29) is 12.3 Å². The highest BCUT2D eigenvalue weighted by atomic mass is 16.1. The van der Waals surface area contributed by atoms with Crippen LogP contribution in [-0.2, 0) is 11.2 Å². The molecule has 1 aromatic heterocycles. The standard InChI is InChI=1S/C15H14N4O/c1-10-3-2-4-14(13(10)8-16)19-15(20)7-12-6-5-11(17)9-18-12/h2-6,9H,7,17H2,1H3,(H,19,20). The molecule has 2 rings (SSSR count). The third-order valence-corrected chi connectivity index (χ3v) is 2.85. The first-order valence-electron chi connectivity index (χ1n) is 6.10. The van der Waals surface area contributed by atoms with Gasteiger partial charge in [-0.25, -0.2) is 0 Å². The van der Waals surface area contributed by atoms with Crippen LogP contribution in [0.25, 0.3) is 0 Å². The van der Waals surface area contributed by atoms with Crippen LogP contribution in [-0.4, -0.2) is 10.9 Å². The molecule has 5 nitrogen and oxygen atoms in total. The molecule has 1 heterocycles. The number of amides is 1. The molecule has 0 saturated carbocycles. The van der Waals surface area contributed by atoms with Crippen molar-refractivity contribution in [3.8, 4) is 6.07 Å². The van der Waals surface area contributed by atoms with Crippen molar-refractivity contribution in [1.82, 2.24) is 4.98 Å². The molecular weight excluding hydrogens is 252 g/mol. The number of nitriles is 1. The Kier molecular flexibility index (Phi) is 3.96. The number of nitrogens with one attached hydrogen (secondary N) is 1. The van der Waals surface area contributed by atoms with Gasteiger partial charge in [0, 0.05) is 5.69 Å². The number of carbonyl (C=O) groups excluding carboxylic acids is 1. The Morgan fingerprint density at radius 3 is 2.85 bits per heavy atom. The average molecular weight is 266 g/mol. The van der Waals surface area contributed by atoms with E-state index in [0.717, 1.165) is 5.56 Å². The van der Waals surface area contributed by atoms with Gasteiger partial charge in [0.15, 0.2) is 0 Å². The Balaban J connectivity index is 2.11. The maximum absolute atomic E-state index is 12.0. The number of nitrogens with two attached hydrogens (primary N) is 1. The molecule has 3 N–H and O–H groups in total. The first-order valence-corrected chi connectivity index (χ1v) is 6.10. The van der Waals surface area contributed by atoms with Crippen LogP contribution >= 0.6 is 0 Å². The number of carbonyl (C=O) groups is 1. The zero-order valence-electron chi connectivity index (χ0n) is 11.1. The zero-order valence-corrected chi connectivity index (χ0v) is 11.1. The van der Waals surface area contributed by atoms with Crippen molar-refractivity contribution in [2.45, 2.75) is 13.3 Å². The Labute approximate surface area is 117 Å². The van der Waals surface area contributed by atoms with E-state index in [9.17, 15) is 4.79 Å². The van der Waals surface area contributed by atoms with Gasteiger partial charge in [-0.15, -0.1) is 0 Å². The van der Waals surface area contributed by atoms with E-state index in [4.69, 9.17) is 11.0 Å². The fraction of sp³-hybridized carbons (Fsp3) is 0.133. The Hall–Kier alpha value is -2.87. The molecule has 1 aromatic carbocycles. The third kappa shape index (κ3) is 3.12. The van der Waals surface area contributed by atoms with Crippen molar-refractivity contribution in [2.24, 2.45) is 0 Å². The lowest BCUT2D eigenvalue weighted by Crippen LogP contribution is -2.16. The van der Waals surface area contributed by atoms with Gasteiger partial charge in [-0.1, -0.05) is 12.1 Å². The maximum atomic E-state index is 12.0. The molecule has 0 spiro atoms. The topological polar surface area (TPSA) is 91.8 Å². The normalized spacial score (nSPS) is 9.80. The second kappa shape index (κ2) is 5.85. The summed E-state index contributed by atoms with van der Waals surface area (Å²) in [7, 11) is 0. The monoisotopic (exact) mass is 266 g/mol. The highest BCUT2D eigenvalue weighted by Gasteiger charge is 2.09. The molecule has 1 amide bonds. The summed E-state index contributed by atoms with van der Waals surface area (Å²) < 4.78 is 0. The summed E-state index contributed by atoms with van der Waals surface area (Å²) in [6.07, 6.45) is 1.65. The van der Waals surface area contributed by atoms with Crippen molar-refractivity contribution >= 4 is 17.3 Å². The predicted octanol–water partition coefficient (Wildman–Crippen LogP) is 2.03. The third-order valence-electron chi connectivity index (χ3n) is 2.85. The van der Waals surface area contributed by atoms with Crippen LogP contribution in [0.15, 0.2) is 36.5 Å². The highest BCUT2D eigenvalue weighted by molar-refractivity contribution is 5.93. The molecule has 0 bridgehead atoms. The van der Waals surface area contributed by atoms with Gasteiger partial charge in [0.1, 0.15) is 6.07 Å². The molecule has 5 heteroatoms. The van der Waals surface area contributed by atoms with Gasteiger partial charge in [0.05, 0.1) is 29.6 Å². The van der Waals surface area contributed by atoms with Crippen LogP contribution < -0.4 is 11.1 Å². The van der Waals surface area contributed by atoms with Gasteiger partial charge in [-0.2, -0.15) is 5.26 Å². The number of hydrogen-bond acceptors (Lipinski definition) is 4. The second-order valence-electron chi connectivity index (χ2n) is 4.42.